The third-order valence-corrected chi connectivity index (χ3v) is 2.83. The quantitative estimate of drug-likeness (QED) is 0.749. The lowest BCUT2D eigenvalue weighted by atomic mass is 9.91. The Kier molecular flexibility index (Phi) is 4.11. The number of methoxy groups -OCH3 is 1. The second-order valence-corrected chi connectivity index (χ2v) is 4.97. The molecule has 1 saturated heterocycles. The van der Waals surface area contributed by atoms with Crippen LogP contribution in [-0.2, 0) is 9.53 Å². The first-order valence-electron chi connectivity index (χ1n) is 5.51. The van der Waals surface area contributed by atoms with Crippen LogP contribution in [0.1, 0.15) is 26.7 Å². The Morgan fingerprint density at radius 1 is 1.60 bits per heavy atom. The molecule has 0 aromatic rings. The molecule has 88 valence electrons. The standard InChI is InChI=1S/C11H22N2O2/c1-11(2,8-15-3)10(14)13-6-4-5-9(12)7-13/h9H,4-8,12H2,1-3H3/t9-/m0/s1. The van der Waals surface area contributed by atoms with Gasteiger partial charge in [0.2, 0.25) is 5.91 Å². The van der Waals surface area contributed by atoms with Crippen LogP contribution in [0.2, 0.25) is 0 Å². The highest BCUT2D eigenvalue weighted by atomic mass is 16.5. The Labute approximate surface area is 91.8 Å². The van der Waals surface area contributed by atoms with Crippen LogP contribution in [0, 0.1) is 5.41 Å². The minimum Gasteiger partial charge on any atom is -0.384 e. The highest BCUT2D eigenvalue weighted by Crippen LogP contribution is 2.21. The summed E-state index contributed by atoms with van der Waals surface area (Å²) in [6.45, 7) is 5.81. The molecule has 1 heterocycles. The number of nitrogens with zero attached hydrogens (tertiary/aromatic N) is 1. The monoisotopic (exact) mass is 214 g/mol. The van der Waals surface area contributed by atoms with E-state index < -0.39 is 5.41 Å². The zero-order chi connectivity index (χ0) is 11.5. The van der Waals surface area contributed by atoms with Gasteiger partial charge in [-0.3, -0.25) is 4.79 Å². The zero-order valence-corrected chi connectivity index (χ0v) is 9.95. The van der Waals surface area contributed by atoms with E-state index in [0.29, 0.717) is 13.2 Å². The van der Waals surface area contributed by atoms with Crippen LogP contribution in [-0.4, -0.2) is 43.7 Å². The van der Waals surface area contributed by atoms with Crippen LogP contribution in [0.3, 0.4) is 0 Å². The largest absolute Gasteiger partial charge is 0.384 e. The van der Waals surface area contributed by atoms with Gasteiger partial charge in [0.15, 0.2) is 0 Å². The molecule has 0 aliphatic carbocycles. The predicted octanol–water partition coefficient (Wildman–Crippen LogP) is 0.609. The molecule has 1 aliphatic rings. The molecule has 0 unspecified atom stereocenters. The summed E-state index contributed by atoms with van der Waals surface area (Å²) >= 11 is 0. The normalized spacial score (nSPS) is 22.9. The van der Waals surface area contributed by atoms with Crippen molar-refractivity contribution in [2.45, 2.75) is 32.7 Å². The maximum atomic E-state index is 12.1. The Bertz CT molecular complexity index is 229. The summed E-state index contributed by atoms with van der Waals surface area (Å²) in [5, 5.41) is 0. The second kappa shape index (κ2) is 4.94. The third-order valence-electron chi connectivity index (χ3n) is 2.83. The first-order chi connectivity index (χ1) is 6.97. The lowest BCUT2D eigenvalue weighted by molar-refractivity contribution is -0.144. The number of likely N-dealkylation sites (tertiary alicyclic amines) is 1. The second-order valence-electron chi connectivity index (χ2n) is 4.97. The van der Waals surface area contributed by atoms with Crippen molar-refractivity contribution < 1.29 is 9.53 Å². The average molecular weight is 214 g/mol. The molecule has 0 saturated carbocycles. The van der Waals surface area contributed by atoms with Crippen molar-refractivity contribution in [2.75, 3.05) is 26.8 Å². The maximum absolute atomic E-state index is 12.1. The number of carbonyl (C=O) groups is 1. The zero-order valence-electron chi connectivity index (χ0n) is 9.95. The van der Waals surface area contributed by atoms with Gasteiger partial charge < -0.3 is 15.4 Å². The smallest absolute Gasteiger partial charge is 0.230 e. The van der Waals surface area contributed by atoms with Gasteiger partial charge in [0.1, 0.15) is 0 Å². The van der Waals surface area contributed by atoms with E-state index in [4.69, 9.17) is 10.5 Å². The van der Waals surface area contributed by atoms with Crippen molar-refractivity contribution >= 4 is 5.91 Å². The van der Waals surface area contributed by atoms with Gasteiger partial charge in [0, 0.05) is 26.2 Å². The van der Waals surface area contributed by atoms with Gasteiger partial charge in [-0.15, -0.1) is 0 Å². The Hall–Kier alpha value is -0.610. The third kappa shape index (κ3) is 3.18. The van der Waals surface area contributed by atoms with Gasteiger partial charge in [-0.1, -0.05) is 0 Å². The van der Waals surface area contributed by atoms with Crippen LogP contribution in [0.5, 0.6) is 0 Å². The first kappa shape index (κ1) is 12.5. The van der Waals surface area contributed by atoms with E-state index in [1.54, 1.807) is 7.11 Å². The molecule has 0 spiro atoms. The lowest BCUT2D eigenvalue weighted by Gasteiger charge is -2.36. The highest BCUT2D eigenvalue weighted by molar-refractivity contribution is 5.82. The number of hydrogen-bond acceptors (Lipinski definition) is 3. The SMILES string of the molecule is COCC(C)(C)C(=O)N1CCC[C@H](N)C1. The minimum absolute atomic E-state index is 0.140. The summed E-state index contributed by atoms with van der Waals surface area (Å²) in [7, 11) is 1.62. The van der Waals surface area contributed by atoms with Crippen molar-refractivity contribution in [2.24, 2.45) is 11.1 Å². The lowest BCUT2D eigenvalue weighted by Crippen LogP contribution is -2.51. The fourth-order valence-electron chi connectivity index (χ4n) is 2.05. The number of hydrogen-bond donors (Lipinski definition) is 1. The van der Waals surface area contributed by atoms with Crippen LogP contribution < -0.4 is 5.73 Å². The predicted molar refractivity (Wildman–Crippen MR) is 59.4 cm³/mol. The topological polar surface area (TPSA) is 55.6 Å². The van der Waals surface area contributed by atoms with E-state index in [0.717, 1.165) is 19.4 Å². The number of carbonyl (C=O) groups excluding carboxylic acids is 1. The number of piperidine rings is 1. The molecule has 1 amide bonds. The molecule has 2 N–H and O–H groups in total. The van der Waals surface area contributed by atoms with E-state index in [2.05, 4.69) is 0 Å². The number of amides is 1. The maximum Gasteiger partial charge on any atom is 0.230 e. The Balaban J connectivity index is 2.58. The molecule has 0 radical (unpaired) electrons. The molecule has 1 aliphatic heterocycles. The summed E-state index contributed by atoms with van der Waals surface area (Å²) < 4.78 is 5.07. The summed E-state index contributed by atoms with van der Waals surface area (Å²) in [6.07, 6.45) is 2.03. The molecule has 1 fully saturated rings. The van der Waals surface area contributed by atoms with Crippen LogP contribution in [0.15, 0.2) is 0 Å². The van der Waals surface area contributed by atoms with Crippen molar-refractivity contribution in [1.29, 1.82) is 0 Å². The summed E-state index contributed by atoms with van der Waals surface area (Å²) in [6, 6.07) is 0.140. The molecule has 0 aromatic heterocycles. The molecule has 15 heavy (non-hydrogen) atoms. The van der Waals surface area contributed by atoms with Gasteiger partial charge in [0.25, 0.3) is 0 Å². The molecule has 4 heteroatoms. The van der Waals surface area contributed by atoms with Gasteiger partial charge in [-0.05, 0) is 26.7 Å². The summed E-state index contributed by atoms with van der Waals surface area (Å²) in [5.41, 5.74) is 5.42. The number of rotatable bonds is 3. The van der Waals surface area contributed by atoms with E-state index >= 15 is 0 Å². The van der Waals surface area contributed by atoms with Crippen molar-refractivity contribution in [3.63, 3.8) is 0 Å². The van der Waals surface area contributed by atoms with Crippen molar-refractivity contribution in [3.8, 4) is 0 Å². The van der Waals surface area contributed by atoms with Gasteiger partial charge in [-0.2, -0.15) is 0 Å². The number of nitrogens with two attached hydrogens (primary N) is 1. The highest BCUT2D eigenvalue weighted by Gasteiger charge is 2.33. The molecule has 1 atom stereocenters. The first-order valence-corrected chi connectivity index (χ1v) is 5.51. The van der Waals surface area contributed by atoms with Crippen molar-refractivity contribution in [3.05, 3.63) is 0 Å². The Morgan fingerprint density at radius 3 is 2.80 bits per heavy atom. The van der Waals surface area contributed by atoms with E-state index in [9.17, 15) is 4.79 Å². The summed E-state index contributed by atoms with van der Waals surface area (Å²) in [4.78, 5) is 14.0. The fraction of sp³-hybridized carbons (Fsp3) is 0.909. The average Bonchev–Trinajstić information content (AvgIpc) is 2.16. The van der Waals surface area contributed by atoms with Gasteiger partial charge >= 0.3 is 0 Å². The molecule has 0 bridgehead atoms. The molecule has 4 nitrogen and oxygen atoms in total. The van der Waals surface area contributed by atoms with Gasteiger partial charge in [-0.25, -0.2) is 0 Å². The van der Waals surface area contributed by atoms with Gasteiger partial charge in [0.05, 0.1) is 12.0 Å². The van der Waals surface area contributed by atoms with Crippen LogP contribution >= 0.6 is 0 Å². The van der Waals surface area contributed by atoms with E-state index in [-0.39, 0.29) is 11.9 Å². The van der Waals surface area contributed by atoms with Crippen LogP contribution in [0.25, 0.3) is 0 Å². The molecule has 1 rings (SSSR count). The van der Waals surface area contributed by atoms with Crippen molar-refractivity contribution in [1.82, 2.24) is 4.90 Å². The van der Waals surface area contributed by atoms with Crippen LogP contribution in [0.4, 0.5) is 0 Å². The molecular formula is C11H22N2O2. The number of ether oxygens (including phenoxy) is 1. The molecular weight excluding hydrogens is 192 g/mol. The fourth-order valence-corrected chi connectivity index (χ4v) is 2.05. The Morgan fingerprint density at radius 2 is 2.27 bits per heavy atom. The summed E-state index contributed by atoms with van der Waals surface area (Å²) in [5.74, 6) is 0.152. The van der Waals surface area contributed by atoms with E-state index in [1.807, 2.05) is 18.7 Å². The molecule has 0 aromatic carbocycles. The minimum atomic E-state index is -0.439. The van der Waals surface area contributed by atoms with E-state index in [1.165, 1.54) is 0 Å².